The maximum atomic E-state index is 3.38. The minimum Gasteiger partial charge on any atom is -0.311 e. The Labute approximate surface area is 80.0 Å². The maximum Gasteiger partial charge on any atom is 0.0137 e. The highest BCUT2D eigenvalue weighted by atomic mass is 32.2. The third-order valence-electron chi connectivity index (χ3n) is 2.02. The summed E-state index contributed by atoms with van der Waals surface area (Å²) in [6.45, 7) is 5.39. The van der Waals surface area contributed by atoms with Gasteiger partial charge < -0.3 is 5.32 Å². The zero-order chi connectivity index (χ0) is 8.81. The van der Waals surface area contributed by atoms with Crippen LogP contribution in [0.3, 0.4) is 0 Å². The highest BCUT2D eigenvalue weighted by molar-refractivity contribution is 7.99. The molecule has 2 heteroatoms. The van der Waals surface area contributed by atoms with Crippen LogP contribution in [-0.2, 0) is 0 Å². The molecule has 1 atom stereocenters. The van der Waals surface area contributed by atoms with E-state index in [1.807, 2.05) is 0 Å². The third-order valence-corrected chi connectivity index (χ3v) is 3.21. The summed E-state index contributed by atoms with van der Waals surface area (Å²) >= 11 is 2.07. The normalized spacial score (nSPS) is 24.4. The Morgan fingerprint density at radius 1 is 1.58 bits per heavy atom. The van der Waals surface area contributed by atoms with Crippen LogP contribution in [-0.4, -0.2) is 24.1 Å². The Balaban J connectivity index is 2.04. The van der Waals surface area contributed by atoms with Crippen LogP contribution < -0.4 is 5.32 Å². The van der Waals surface area contributed by atoms with Crippen molar-refractivity contribution in [2.24, 2.45) is 5.92 Å². The first-order valence-corrected chi connectivity index (χ1v) is 5.92. The molecule has 12 heavy (non-hydrogen) atoms. The minimum atomic E-state index is 0.604. The van der Waals surface area contributed by atoms with E-state index in [2.05, 4.69) is 43.1 Å². The topological polar surface area (TPSA) is 12.0 Å². The van der Waals surface area contributed by atoms with E-state index in [0.29, 0.717) is 6.04 Å². The molecule has 0 aliphatic carbocycles. The van der Waals surface area contributed by atoms with Gasteiger partial charge in [0.25, 0.3) is 0 Å². The van der Waals surface area contributed by atoms with Crippen molar-refractivity contribution in [3.05, 3.63) is 12.2 Å². The van der Waals surface area contributed by atoms with E-state index < -0.39 is 0 Å². The Bertz CT molecular complexity index is 137. The van der Waals surface area contributed by atoms with Gasteiger partial charge in [0.15, 0.2) is 0 Å². The molecule has 70 valence electrons. The Hall–Kier alpha value is 0.0500. The number of hydrogen-bond acceptors (Lipinski definition) is 2. The number of thioether (sulfide) groups is 1. The summed E-state index contributed by atoms with van der Waals surface area (Å²) in [6, 6.07) is 0.604. The molecule has 1 aliphatic heterocycles. The fourth-order valence-electron chi connectivity index (χ4n) is 1.27. The molecule has 0 saturated carbocycles. The molecule has 1 saturated heterocycles. The van der Waals surface area contributed by atoms with Crippen molar-refractivity contribution in [3.8, 4) is 0 Å². The van der Waals surface area contributed by atoms with Gasteiger partial charge in [-0.1, -0.05) is 26.0 Å². The van der Waals surface area contributed by atoms with E-state index in [0.717, 1.165) is 12.5 Å². The monoisotopic (exact) mass is 185 g/mol. The maximum absolute atomic E-state index is 3.38. The number of nitrogens with one attached hydrogen (secondary N) is 1. The molecule has 1 nitrogen and oxygen atoms in total. The fraction of sp³-hybridized carbons (Fsp3) is 0.800. The lowest BCUT2D eigenvalue weighted by Gasteiger charge is -2.04. The van der Waals surface area contributed by atoms with Crippen LogP contribution >= 0.6 is 11.8 Å². The molecule has 0 aromatic heterocycles. The predicted octanol–water partition coefficient (Wildman–Crippen LogP) is 2.29. The zero-order valence-corrected chi connectivity index (χ0v) is 8.86. The lowest BCUT2D eigenvalue weighted by molar-refractivity contribution is 0.629. The van der Waals surface area contributed by atoms with E-state index in [1.165, 1.54) is 17.9 Å². The second-order valence-electron chi connectivity index (χ2n) is 3.61. The van der Waals surface area contributed by atoms with Crippen molar-refractivity contribution in [1.29, 1.82) is 0 Å². The van der Waals surface area contributed by atoms with Crippen molar-refractivity contribution in [1.82, 2.24) is 5.32 Å². The average molecular weight is 185 g/mol. The number of rotatable bonds is 4. The molecular formula is C10H19NS. The molecule has 1 fully saturated rings. The van der Waals surface area contributed by atoms with Gasteiger partial charge in [0.1, 0.15) is 0 Å². The zero-order valence-electron chi connectivity index (χ0n) is 8.05. The summed E-state index contributed by atoms with van der Waals surface area (Å²) < 4.78 is 0. The van der Waals surface area contributed by atoms with E-state index >= 15 is 0 Å². The molecule has 1 aliphatic rings. The van der Waals surface area contributed by atoms with E-state index in [4.69, 9.17) is 0 Å². The predicted molar refractivity (Wildman–Crippen MR) is 57.7 cm³/mol. The standard InChI is InChI=1S/C10H19NS/c1-9(2)11-6-3-4-10-5-7-12-8-10/h3-4,9-11H,5-8H2,1-2H3/b4-3+. The summed E-state index contributed by atoms with van der Waals surface area (Å²) in [6.07, 6.45) is 6.02. The highest BCUT2D eigenvalue weighted by Crippen LogP contribution is 2.23. The SMILES string of the molecule is CC(C)NC/C=C/C1CCSC1. The van der Waals surface area contributed by atoms with Crippen LogP contribution in [0.15, 0.2) is 12.2 Å². The molecule has 0 aromatic carbocycles. The summed E-state index contributed by atoms with van der Waals surface area (Å²) in [4.78, 5) is 0. The van der Waals surface area contributed by atoms with Crippen LogP contribution in [0.2, 0.25) is 0 Å². The van der Waals surface area contributed by atoms with E-state index in [9.17, 15) is 0 Å². The molecule has 1 heterocycles. The van der Waals surface area contributed by atoms with Gasteiger partial charge in [-0.2, -0.15) is 11.8 Å². The molecule has 1 unspecified atom stereocenters. The second-order valence-corrected chi connectivity index (χ2v) is 4.76. The van der Waals surface area contributed by atoms with Crippen molar-refractivity contribution < 1.29 is 0 Å². The van der Waals surface area contributed by atoms with Crippen LogP contribution in [0.4, 0.5) is 0 Å². The second kappa shape index (κ2) is 5.65. The summed E-state index contributed by atoms with van der Waals surface area (Å²) in [7, 11) is 0. The van der Waals surface area contributed by atoms with Gasteiger partial charge in [-0.15, -0.1) is 0 Å². The van der Waals surface area contributed by atoms with Gasteiger partial charge >= 0.3 is 0 Å². The van der Waals surface area contributed by atoms with E-state index in [1.54, 1.807) is 0 Å². The first-order chi connectivity index (χ1) is 5.79. The van der Waals surface area contributed by atoms with Crippen molar-refractivity contribution >= 4 is 11.8 Å². The van der Waals surface area contributed by atoms with Crippen molar-refractivity contribution in [2.75, 3.05) is 18.1 Å². The minimum absolute atomic E-state index is 0.604. The fourth-order valence-corrected chi connectivity index (χ4v) is 2.49. The highest BCUT2D eigenvalue weighted by Gasteiger charge is 2.10. The van der Waals surface area contributed by atoms with Gasteiger partial charge in [0.05, 0.1) is 0 Å². The third kappa shape index (κ3) is 4.17. The smallest absolute Gasteiger partial charge is 0.0137 e. The van der Waals surface area contributed by atoms with Gasteiger partial charge in [0, 0.05) is 12.6 Å². The number of allylic oxidation sites excluding steroid dienone is 1. The lowest BCUT2D eigenvalue weighted by atomic mass is 10.1. The summed E-state index contributed by atoms with van der Waals surface area (Å²) in [5.74, 6) is 3.54. The van der Waals surface area contributed by atoms with Crippen LogP contribution in [0.25, 0.3) is 0 Å². The Morgan fingerprint density at radius 2 is 2.42 bits per heavy atom. The largest absolute Gasteiger partial charge is 0.311 e. The summed E-state index contributed by atoms with van der Waals surface area (Å²) in [5, 5.41) is 3.38. The van der Waals surface area contributed by atoms with Gasteiger partial charge in [-0.3, -0.25) is 0 Å². The van der Waals surface area contributed by atoms with E-state index in [-0.39, 0.29) is 0 Å². The molecular weight excluding hydrogens is 166 g/mol. The summed E-state index contributed by atoms with van der Waals surface area (Å²) in [5.41, 5.74) is 0. The Morgan fingerprint density at radius 3 is 3.00 bits per heavy atom. The molecule has 0 spiro atoms. The average Bonchev–Trinajstić information content (AvgIpc) is 2.49. The first-order valence-electron chi connectivity index (χ1n) is 4.77. The Kier molecular flexibility index (Phi) is 4.77. The molecule has 0 amide bonds. The van der Waals surface area contributed by atoms with Crippen molar-refractivity contribution in [3.63, 3.8) is 0 Å². The molecule has 0 radical (unpaired) electrons. The lowest BCUT2D eigenvalue weighted by Crippen LogP contribution is -2.22. The van der Waals surface area contributed by atoms with Crippen LogP contribution in [0.1, 0.15) is 20.3 Å². The van der Waals surface area contributed by atoms with Gasteiger partial charge in [-0.05, 0) is 23.8 Å². The molecule has 1 N–H and O–H groups in total. The van der Waals surface area contributed by atoms with Crippen LogP contribution in [0.5, 0.6) is 0 Å². The van der Waals surface area contributed by atoms with Gasteiger partial charge in [0.2, 0.25) is 0 Å². The quantitative estimate of drug-likeness (QED) is 0.674. The molecule has 1 rings (SSSR count). The number of hydrogen-bond donors (Lipinski definition) is 1. The molecule has 0 bridgehead atoms. The van der Waals surface area contributed by atoms with Crippen LogP contribution in [0, 0.1) is 5.92 Å². The first kappa shape index (κ1) is 10.1. The van der Waals surface area contributed by atoms with Gasteiger partial charge in [-0.25, -0.2) is 0 Å². The molecule has 0 aromatic rings. The van der Waals surface area contributed by atoms with Crippen molar-refractivity contribution in [2.45, 2.75) is 26.3 Å².